The molecule has 0 saturated heterocycles. The van der Waals surface area contributed by atoms with Crippen LogP contribution in [0.1, 0.15) is 5.56 Å². The number of carbonyl (C=O) groups excluding carboxylic acids is 2. The molecule has 6 nitrogen and oxygen atoms in total. The van der Waals surface area contributed by atoms with Crippen molar-refractivity contribution in [3.63, 3.8) is 0 Å². The molecule has 0 saturated carbocycles. The molecule has 1 aliphatic rings. The molecule has 0 spiro atoms. The Labute approximate surface area is 183 Å². The number of aromatic nitrogens is 1. The predicted octanol–water partition coefficient (Wildman–Crippen LogP) is 5.45. The lowest BCUT2D eigenvalue weighted by atomic mass is 10.2. The summed E-state index contributed by atoms with van der Waals surface area (Å²) in [6.07, 6.45) is 1.86. The third-order valence-corrected chi connectivity index (χ3v) is 6.20. The molecule has 4 aromatic rings. The zero-order valence-electron chi connectivity index (χ0n) is 16.6. The summed E-state index contributed by atoms with van der Waals surface area (Å²) in [5.41, 5.74) is 4.23. The van der Waals surface area contributed by atoms with Crippen molar-refractivity contribution >= 4 is 51.7 Å². The molecule has 7 heteroatoms. The fraction of sp³-hybridized carbons (Fsp3) is 0.0833. The van der Waals surface area contributed by atoms with Gasteiger partial charge in [-0.25, -0.2) is 4.79 Å². The second kappa shape index (κ2) is 8.20. The highest BCUT2D eigenvalue weighted by Gasteiger charge is 2.25. The molecule has 1 aliphatic heterocycles. The minimum Gasteiger partial charge on any atom is -0.361 e. The van der Waals surface area contributed by atoms with Gasteiger partial charge in [-0.2, -0.15) is 0 Å². The van der Waals surface area contributed by atoms with Crippen molar-refractivity contribution < 1.29 is 9.59 Å². The Kier molecular flexibility index (Phi) is 5.09. The molecular formula is C24H20N4O2S. The highest BCUT2D eigenvalue weighted by Crippen LogP contribution is 2.38. The number of H-pyrrole nitrogens is 1. The second-order valence-corrected chi connectivity index (χ2v) is 8.31. The number of nitrogens with one attached hydrogen (secondary N) is 3. The number of carbonyl (C=O) groups is 2. The van der Waals surface area contributed by atoms with Crippen LogP contribution in [0.2, 0.25) is 0 Å². The van der Waals surface area contributed by atoms with E-state index < -0.39 is 0 Å². The molecule has 0 bridgehead atoms. The van der Waals surface area contributed by atoms with E-state index in [9.17, 15) is 9.59 Å². The first-order valence-corrected chi connectivity index (χ1v) is 10.9. The van der Waals surface area contributed by atoms with E-state index in [1.807, 2.05) is 79.0 Å². The lowest BCUT2D eigenvalue weighted by Gasteiger charge is -2.29. The molecule has 1 aromatic heterocycles. The van der Waals surface area contributed by atoms with Gasteiger partial charge in [0.25, 0.3) is 0 Å². The maximum Gasteiger partial charge on any atom is 0.323 e. The first kappa shape index (κ1) is 19.3. The average molecular weight is 429 g/mol. The highest BCUT2D eigenvalue weighted by atomic mass is 32.2. The number of fused-ring (bicyclic) bond motifs is 2. The minimum atomic E-state index is -0.334. The Morgan fingerprint density at radius 1 is 0.968 bits per heavy atom. The average Bonchev–Trinajstić information content (AvgIpc) is 3.24. The van der Waals surface area contributed by atoms with Gasteiger partial charge in [0.1, 0.15) is 0 Å². The Bertz CT molecular complexity index is 1270. The number of aromatic amines is 1. The lowest BCUT2D eigenvalue weighted by Crippen LogP contribution is -2.34. The zero-order valence-corrected chi connectivity index (χ0v) is 17.4. The van der Waals surface area contributed by atoms with Gasteiger partial charge in [-0.15, -0.1) is 11.8 Å². The summed E-state index contributed by atoms with van der Waals surface area (Å²) in [6, 6.07) is 22.9. The minimum absolute atomic E-state index is 0.0581. The third kappa shape index (κ3) is 4.13. The summed E-state index contributed by atoms with van der Waals surface area (Å²) in [5.74, 6) is 0.470. The number of anilines is 3. The van der Waals surface area contributed by atoms with E-state index in [0.29, 0.717) is 23.7 Å². The van der Waals surface area contributed by atoms with Crippen molar-refractivity contribution in [2.24, 2.45) is 0 Å². The van der Waals surface area contributed by atoms with Crippen LogP contribution in [0.5, 0.6) is 0 Å². The topological polar surface area (TPSA) is 77.2 Å². The molecule has 0 atom stereocenters. The van der Waals surface area contributed by atoms with Crippen molar-refractivity contribution in [3.05, 3.63) is 84.6 Å². The molecule has 0 unspecified atom stereocenters. The van der Waals surface area contributed by atoms with E-state index in [1.165, 1.54) is 11.8 Å². The Balaban J connectivity index is 1.34. The van der Waals surface area contributed by atoms with Crippen molar-refractivity contribution in [3.8, 4) is 0 Å². The third-order valence-electron chi connectivity index (χ3n) is 5.15. The van der Waals surface area contributed by atoms with Crippen LogP contribution < -0.4 is 15.5 Å². The van der Waals surface area contributed by atoms with Crippen molar-refractivity contribution in [1.82, 2.24) is 4.98 Å². The summed E-state index contributed by atoms with van der Waals surface area (Å²) in [6.45, 7) is 0.500. The van der Waals surface area contributed by atoms with E-state index in [-0.39, 0.29) is 11.9 Å². The fourth-order valence-electron chi connectivity index (χ4n) is 3.64. The van der Waals surface area contributed by atoms with Gasteiger partial charge in [-0.1, -0.05) is 30.3 Å². The first-order chi connectivity index (χ1) is 15.2. The summed E-state index contributed by atoms with van der Waals surface area (Å²) >= 11 is 1.52. The molecule has 3 N–H and O–H groups in total. The Morgan fingerprint density at radius 2 is 1.74 bits per heavy atom. The van der Waals surface area contributed by atoms with Gasteiger partial charge in [0.05, 0.1) is 18.0 Å². The molecule has 0 fully saturated rings. The summed E-state index contributed by atoms with van der Waals surface area (Å²) in [5, 5.41) is 6.77. The first-order valence-electron chi connectivity index (χ1n) is 9.92. The van der Waals surface area contributed by atoms with Crippen LogP contribution in [0, 0.1) is 0 Å². The van der Waals surface area contributed by atoms with E-state index in [1.54, 1.807) is 4.90 Å². The summed E-state index contributed by atoms with van der Waals surface area (Å²) in [7, 11) is 0. The molecule has 31 heavy (non-hydrogen) atoms. The van der Waals surface area contributed by atoms with Crippen LogP contribution in [-0.4, -0.2) is 22.7 Å². The van der Waals surface area contributed by atoms with Crippen LogP contribution in [0.3, 0.4) is 0 Å². The SMILES string of the molecule is O=C(Nc1ccc2c(c1)N(Cc1ccccc1)C(=O)CS2)Nc1ccc2[nH]ccc2c1. The smallest absolute Gasteiger partial charge is 0.323 e. The van der Waals surface area contributed by atoms with Gasteiger partial charge in [0.2, 0.25) is 5.91 Å². The number of hydrogen-bond acceptors (Lipinski definition) is 3. The molecular weight excluding hydrogens is 408 g/mol. The predicted molar refractivity (Wildman–Crippen MR) is 126 cm³/mol. The van der Waals surface area contributed by atoms with Crippen LogP contribution in [0.25, 0.3) is 10.9 Å². The Morgan fingerprint density at radius 3 is 2.58 bits per heavy atom. The number of thioether (sulfide) groups is 1. The van der Waals surface area contributed by atoms with Gasteiger partial charge in [-0.05, 0) is 48.0 Å². The number of hydrogen-bond donors (Lipinski definition) is 3. The number of benzene rings is 3. The fourth-order valence-corrected chi connectivity index (χ4v) is 4.56. The highest BCUT2D eigenvalue weighted by molar-refractivity contribution is 8.00. The normalized spacial score (nSPS) is 13.2. The number of rotatable bonds is 4. The van der Waals surface area contributed by atoms with Crippen LogP contribution in [-0.2, 0) is 11.3 Å². The second-order valence-electron chi connectivity index (χ2n) is 7.30. The maximum absolute atomic E-state index is 12.6. The number of amides is 3. The summed E-state index contributed by atoms with van der Waals surface area (Å²) < 4.78 is 0. The van der Waals surface area contributed by atoms with Gasteiger partial charge in [0.15, 0.2) is 0 Å². The molecule has 3 aromatic carbocycles. The van der Waals surface area contributed by atoms with Crippen molar-refractivity contribution in [2.75, 3.05) is 21.3 Å². The monoisotopic (exact) mass is 428 g/mol. The number of nitrogens with zero attached hydrogens (tertiary/aromatic N) is 1. The molecule has 3 amide bonds. The zero-order chi connectivity index (χ0) is 21.2. The lowest BCUT2D eigenvalue weighted by molar-refractivity contribution is -0.116. The van der Waals surface area contributed by atoms with Gasteiger partial charge in [0, 0.05) is 33.4 Å². The van der Waals surface area contributed by atoms with Gasteiger partial charge < -0.3 is 20.5 Å². The van der Waals surface area contributed by atoms with Crippen LogP contribution in [0.15, 0.2) is 83.9 Å². The molecule has 154 valence electrons. The van der Waals surface area contributed by atoms with E-state index in [4.69, 9.17) is 0 Å². The molecule has 2 heterocycles. The standard InChI is InChI=1S/C24H20N4O2S/c29-23-15-31-22-9-7-19(13-21(22)28(23)14-16-4-2-1-3-5-16)27-24(30)26-18-6-8-20-17(12-18)10-11-25-20/h1-13,25H,14-15H2,(H2,26,27,30). The summed E-state index contributed by atoms with van der Waals surface area (Å²) in [4.78, 5) is 31.1. The Hall–Kier alpha value is -3.71. The largest absolute Gasteiger partial charge is 0.361 e. The molecule has 0 aliphatic carbocycles. The maximum atomic E-state index is 12.6. The van der Waals surface area contributed by atoms with Crippen molar-refractivity contribution in [2.45, 2.75) is 11.4 Å². The van der Waals surface area contributed by atoms with Crippen LogP contribution >= 0.6 is 11.8 Å². The molecule has 0 radical (unpaired) electrons. The van der Waals surface area contributed by atoms with Crippen LogP contribution in [0.4, 0.5) is 21.9 Å². The molecule has 5 rings (SSSR count). The van der Waals surface area contributed by atoms with Crippen molar-refractivity contribution in [1.29, 1.82) is 0 Å². The van der Waals surface area contributed by atoms with Gasteiger partial charge >= 0.3 is 6.03 Å². The van der Waals surface area contributed by atoms with Gasteiger partial charge in [-0.3, -0.25) is 4.79 Å². The quantitative estimate of drug-likeness (QED) is 0.404. The van der Waals surface area contributed by atoms with E-state index in [2.05, 4.69) is 15.6 Å². The number of urea groups is 1. The van der Waals surface area contributed by atoms with E-state index >= 15 is 0 Å². The van der Waals surface area contributed by atoms with E-state index in [0.717, 1.165) is 27.0 Å².